The second-order valence-electron chi connectivity index (χ2n) is 7.39. The Hall–Kier alpha value is -3.30. The van der Waals surface area contributed by atoms with E-state index < -0.39 is 10.8 Å². The summed E-state index contributed by atoms with van der Waals surface area (Å²) in [4.78, 5) is 37.4. The number of allylic oxidation sites excluding steroid dienone is 2. The van der Waals surface area contributed by atoms with Gasteiger partial charge in [-0.25, -0.2) is 0 Å². The highest BCUT2D eigenvalue weighted by atomic mass is 79.9. The molecule has 2 aromatic carbocycles. The van der Waals surface area contributed by atoms with Crippen LogP contribution in [0.25, 0.3) is 0 Å². The van der Waals surface area contributed by atoms with Crippen LogP contribution in [0.2, 0.25) is 0 Å². The maximum Gasteiger partial charge on any atom is 0.273 e. The molecule has 3 N–H and O–H groups in total. The van der Waals surface area contributed by atoms with Crippen molar-refractivity contribution in [3.8, 4) is 0 Å². The maximum absolute atomic E-state index is 13.2. The molecule has 3 aromatic rings. The van der Waals surface area contributed by atoms with Crippen molar-refractivity contribution in [1.29, 1.82) is 0 Å². The van der Waals surface area contributed by atoms with Gasteiger partial charge in [-0.2, -0.15) is 0 Å². The second kappa shape index (κ2) is 8.33. The van der Waals surface area contributed by atoms with E-state index in [2.05, 4.69) is 21.2 Å². The third kappa shape index (κ3) is 3.63. The molecule has 0 unspecified atom stereocenters. The van der Waals surface area contributed by atoms with E-state index in [1.807, 2.05) is 0 Å². The first kappa shape index (κ1) is 21.9. The van der Waals surface area contributed by atoms with Gasteiger partial charge in [-0.1, -0.05) is 34.1 Å². The number of hydrogen-bond donors (Lipinski definition) is 2. The Morgan fingerprint density at radius 3 is 2.44 bits per heavy atom. The monoisotopic (exact) mass is 511 g/mol. The summed E-state index contributed by atoms with van der Waals surface area (Å²) in [5.74, 6) is -1.23. The van der Waals surface area contributed by atoms with Crippen LogP contribution < -0.4 is 11.1 Å². The molecule has 7 nitrogen and oxygen atoms in total. The minimum Gasteiger partial charge on any atom is -0.397 e. The summed E-state index contributed by atoms with van der Waals surface area (Å²) in [6.45, 7) is 3.16. The number of nitrogens with one attached hydrogen (secondary N) is 1. The Morgan fingerprint density at radius 1 is 1.16 bits per heavy atom. The van der Waals surface area contributed by atoms with Crippen LogP contribution in [0.1, 0.15) is 46.1 Å². The van der Waals surface area contributed by atoms with Gasteiger partial charge < -0.3 is 11.1 Å². The van der Waals surface area contributed by atoms with Crippen molar-refractivity contribution in [2.45, 2.75) is 19.8 Å². The van der Waals surface area contributed by atoms with Crippen LogP contribution in [0.5, 0.6) is 0 Å². The van der Waals surface area contributed by atoms with E-state index in [1.54, 1.807) is 49.4 Å². The third-order valence-corrected chi connectivity index (χ3v) is 7.07. The lowest BCUT2D eigenvalue weighted by Gasteiger charge is -2.28. The fourth-order valence-corrected chi connectivity index (χ4v) is 5.45. The number of nitro benzene ring substituents is 1. The van der Waals surface area contributed by atoms with Gasteiger partial charge in [0.1, 0.15) is 4.88 Å². The molecule has 0 spiro atoms. The highest BCUT2D eigenvalue weighted by molar-refractivity contribution is 9.10. The number of nitrogens with two attached hydrogens (primary N) is 1. The summed E-state index contributed by atoms with van der Waals surface area (Å²) in [5, 5.41) is 15.5. The molecule has 0 saturated heterocycles. The fraction of sp³-hybridized carbons (Fsp3) is 0.130. The van der Waals surface area contributed by atoms with Gasteiger partial charge in [0.25, 0.3) is 5.69 Å². The molecule has 0 aliphatic carbocycles. The molecule has 0 saturated carbocycles. The quantitative estimate of drug-likeness (QED) is 0.259. The number of nitrogen functional groups attached to an aromatic ring is 1. The molecule has 4 rings (SSSR count). The van der Waals surface area contributed by atoms with Crippen LogP contribution in [0, 0.1) is 10.1 Å². The SMILES string of the molecule is CC(=O)C1=C(C)Nc2sc(C(=O)c3ccc(Br)cc3)c(N)c2[C@H]1c1ccccc1[N+](=O)[O-]. The Balaban J connectivity index is 1.94. The average Bonchev–Trinajstić information content (AvgIpc) is 3.08. The van der Waals surface area contributed by atoms with Crippen molar-refractivity contribution >= 4 is 55.2 Å². The van der Waals surface area contributed by atoms with E-state index in [9.17, 15) is 19.7 Å². The topological polar surface area (TPSA) is 115 Å². The molecule has 0 fully saturated rings. The number of Topliss-reactive ketones (excluding diaryl/α,β-unsaturated/α-hetero) is 1. The molecule has 0 bridgehead atoms. The molecule has 32 heavy (non-hydrogen) atoms. The Morgan fingerprint density at radius 2 is 1.81 bits per heavy atom. The lowest BCUT2D eigenvalue weighted by Crippen LogP contribution is -2.22. The van der Waals surface area contributed by atoms with E-state index in [0.717, 1.165) is 4.47 Å². The van der Waals surface area contributed by atoms with Gasteiger partial charge in [-0.15, -0.1) is 11.3 Å². The van der Waals surface area contributed by atoms with Crippen molar-refractivity contribution in [2.24, 2.45) is 0 Å². The highest BCUT2D eigenvalue weighted by Crippen LogP contribution is 2.51. The number of rotatable bonds is 5. The molecule has 0 amide bonds. The predicted molar refractivity (Wildman–Crippen MR) is 128 cm³/mol. The molecular weight excluding hydrogens is 494 g/mol. The normalized spacial score (nSPS) is 15.2. The number of nitrogens with zero attached hydrogens (tertiary/aromatic N) is 1. The first-order chi connectivity index (χ1) is 15.2. The largest absolute Gasteiger partial charge is 0.397 e. The summed E-state index contributed by atoms with van der Waals surface area (Å²) < 4.78 is 0.844. The number of halogens is 1. The molecule has 1 aromatic heterocycles. The zero-order chi connectivity index (χ0) is 23.2. The van der Waals surface area contributed by atoms with Gasteiger partial charge in [0, 0.05) is 38.5 Å². The average molecular weight is 512 g/mol. The zero-order valence-corrected chi connectivity index (χ0v) is 19.5. The number of ketones is 2. The smallest absolute Gasteiger partial charge is 0.273 e. The number of carbonyl (C=O) groups excluding carboxylic acids is 2. The number of benzene rings is 2. The number of nitro groups is 1. The summed E-state index contributed by atoms with van der Waals surface area (Å²) in [6, 6.07) is 13.2. The van der Waals surface area contributed by atoms with Crippen LogP contribution >= 0.6 is 27.3 Å². The van der Waals surface area contributed by atoms with E-state index >= 15 is 0 Å². The number of carbonyl (C=O) groups is 2. The van der Waals surface area contributed by atoms with Crippen LogP contribution in [-0.4, -0.2) is 16.5 Å². The molecular formula is C23H18BrN3O4S. The van der Waals surface area contributed by atoms with Gasteiger partial charge >= 0.3 is 0 Å². The first-order valence-corrected chi connectivity index (χ1v) is 11.3. The molecule has 1 aliphatic rings. The van der Waals surface area contributed by atoms with Crippen LogP contribution in [0.15, 0.2) is 64.3 Å². The summed E-state index contributed by atoms with van der Waals surface area (Å²) >= 11 is 4.54. The van der Waals surface area contributed by atoms with Crippen molar-refractivity contribution in [1.82, 2.24) is 0 Å². The Kier molecular flexibility index (Phi) is 5.70. The van der Waals surface area contributed by atoms with Crippen molar-refractivity contribution < 1.29 is 14.5 Å². The van der Waals surface area contributed by atoms with E-state index in [4.69, 9.17) is 5.73 Å². The van der Waals surface area contributed by atoms with Gasteiger partial charge in [0.05, 0.1) is 21.5 Å². The zero-order valence-electron chi connectivity index (χ0n) is 17.1. The highest BCUT2D eigenvalue weighted by Gasteiger charge is 2.38. The molecule has 2 heterocycles. The number of fused-ring (bicyclic) bond motifs is 1. The fourth-order valence-electron chi connectivity index (χ4n) is 4.01. The minimum absolute atomic E-state index is 0.108. The Bertz CT molecular complexity index is 1310. The Labute approximate surface area is 196 Å². The third-order valence-electron chi connectivity index (χ3n) is 5.40. The lowest BCUT2D eigenvalue weighted by molar-refractivity contribution is -0.385. The molecule has 1 aliphatic heterocycles. The van der Waals surface area contributed by atoms with Gasteiger partial charge in [0.15, 0.2) is 5.78 Å². The number of hydrogen-bond acceptors (Lipinski definition) is 7. The van der Waals surface area contributed by atoms with Crippen molar-refractivity contribution in [2.75, 3.05) is 11.1 Å². The molecule has 162 valence electrons. The summed E-state index contributed by atoms with van der Waals surface area (Å²) in [7, 11) is 0. The van der Waals surface area contributed by atoms with E-state index in [0.29, 0.717) is 37.8 Å². The van der Waals surface area contributed by atoms with Crippen LogP contribution in [-0.2, 0) is 4.79 Å². The van der Waals surface area contributed by atoms with Crippen LogP contribution in [0.3, 0.4) is 0 Å². The van der Waals surface area contributed by atoms with Crippen LogP contribution in [0.4, 0.5) is 16.4 Å². The number of thiophene rings is 1. The second-order valence-corrected chi connectivity index (χ2v) is 9.33. The molecule has 9 heteroatoms. The maximum atomic E-state index is 13.2. The van der Waals surface area contributed by atoms with Gasteiger partial charge in [0.2, 0.25) is 5.78 Å². The van der Waals surface area contributed by atoms with E-state index in [1.165, 1.54) is 24.3 Å². The summed E-state index contributed by atoms with van der Waals surface area (Å²) in [6.07, 6.45) is 0. The predicted octanol–water partition coefficient (Wildman–Crippen LogP) is 5.65. The van der Waals surface area contributed by atoms with Crippen molar-refractivity contribution in [3.63, 3.8) is 0 Å². The molecule has 0 radical (unpaired) electrons. The minimum atomic E-state index is -0.756. The summed E-state index contributed by atoms with van der Waals surface area (Å²) in [5.41, 5.74) is 8.92. The van der Waals surface area contributed by atoms with Crippen molar-refractivity contribution in [3.05, 3.63) is 96.0 Å². The lowest BCUT2D eigenvalue weighted by atomic mass is 9.79. The standard InChI is InChI=1S/C23H18BrN3O4S/c1-11-17(12(2)28)18(15-5-3-4-6-16(15)27(30)31)19-20(25)22(32-23(19)26-11)21(29)13-7-9-14(24)10-8-13/h3-10,18,26H,25H2,1-2H3/t18-/m0/s1. The van der Waals surface area contributed by atoms with Gasteiger partial charge in [-0.05, 0) is 38.1 Å². The van der Waals surface area contributed by atoms with E-state index in [-0.39, 0.29) is 22.9 Å². The number of anilines is 2. The first-order valence-electron chi connectivity index (χ1n) is 9.65. The molecule has 1 atom stereocenters. The number of para-hydroxylation sites is 1. The van der Waals surface area contributed by atoms with Gasteiger partial charge in [-0.3, -0.25) is 19.7 Å².